The average Bonchev–Trinajstić information content (AvgIpc) is 2.98. The van der Waals surface area contributed by atoms with Crippen LogP contribution in [0.5, 0.6) is 0 Å². The van der Waals surface area contributed by atoms with Crippen molar-refractivity contribution in [1.82, 2.24) is 15.2 Å². The normalized spacial score (nSPS) is 23.7. The molecule has 2 unspecified atom stereocenters. The van der Waals surface area contributed by atoms with Gasteiger partial charge < -0.3 is 10.2 Å². The minimum atomic E-state index is 0.304. The van der Waals surface area contributed by atoms with E-state index in [1.807, 2.05) is 17.2 Å². The third-order valence-corrected chi connectivity index (χ3v) is 4.11. The van der Waals surface area contributed by atoms with Gasteiger partial charge in [0.25, 0.3) is 0 Å². The van der Waals surface area contributed by atoms with E-state index in [0.29, 0.717) is 18.0 Å². The first-order valence-electron chi connectivity index (χ1n) is 7.21. The lowest BCUT2D eigenvalue weighted by atomic mass is 10.2. The number of nitrogens with one attached hydrogen (secondary N) is 1. The molecule has 0 saturated carbocycles. The van der Waals surface area contributed by atoms with Crippen LogP contribution in [0, 0.1) is 0 Å². The lowest BCUT2D eigenvalue weighted by molar-refractivity contribution is -0.127. The van der Waals surface area contributed by atoms with Crippen molar-refractivity contribution in [3.8, 4) is 0 Å². The summed E-state index contributed by atoms with van der Waals surface area (Å²) >= 11 is 0. The first-order valence-corrected chi connectivity index (χ1v) is 7.21. The van der Waals surface area contributed by atoms with Gasteiger partial charge in [-0.25, -0.2) is 0 Å². The number of nitrogens with zero attached hydrogens (tertiary/aromatic N) is 2. The van der Waals surface area contributed by atoms with Crippen molar-refractivity contribution in [3.05, 3.63) is 29.6 Å². The van der Waals surface area contributed by atoms with E-state index in [9.17, 15) is 4.79 Å². The Morgan fingerprint density at radius 3 is 3.21 bits per heavy atom. The Hall–Kier alpha value is -1.42. The molecule has 1 amide bonds. The summed E-state index contributed by atoms with van der Waals surface area (Å²) in [4.78, 5) is 18.1. The smallest absolute Gasteiger partial charge is 0.222 e. The number of aryl methyl sites for hydroxylation is 1. The molecule has 4 nitrogen and oxygen atoms in total. The van der Waals surface area contributed by atoms with Gasteiger partial charge in [-0.1, -0.05) is 6.07 Å². The summed E-state index contributed by atoms with van der Waals surface area (Å²) in [6, 6.07) is 4.84. The number of carbonyl (C=O) groups is 1. The predicted molar refractivity (Wildman–Crippen MR) is 73.7 cm³/mol. The van der Waals surface area contributed by atoms with E-state index in [1.165, 1.54) is 11.3 Å². The number of pyridine rings is 1. The van der Waals surface area contributed by atoms with Crippen LogP contribution in [-0.4, -0.2) is 34.9 Å². The van der Waals surface area contributed by atoms with Gasteiger partial charge in [0.15, 0.2) is 0 Å². The van der Waals surface area contributed by atoms with Gasteiger partial charge in [0.2, 0.25) is 5.91 Å². The number of fused-ring (bicyclic) bond motifs is 1. The number of likely N-dealkylation sites (tertiary alicyclic amines) is 1. The average molecular weight is 259 g/mol. The maximum absolute atomic E-state index is 11.6. The zero-order chi connectivity index (χ0) is 13.2. The zero-order valence-electron chi connectivity index (χ0n) is 11.4. The standard InChI is InChI=1S/C15H21N3O/c1-11(10-18-9-3-5-14(18)19)17-13-7-6-12-4-2-8-16-15(12)13/h2,4,8,11,13,17H,3,5-7,9-10H2,1H3. The number of amides is 1. The van der Waals surface area contributed by atoms with Crippen LogP contribution in [0.25, 0.3) is 0 Å². The molecule has 1 saturated heterocycles. The van der Waals surface area contributed by atoms with E-state index in [4.69, 9.17) is 0 Å². The molecule has 0 spiro atoms. The van der Waals surface area contributed by atoms with E-state index in [-0.39, 0.29) is 0 Å². The van der Waals surface area contributed by atoms with Crippen molar-refractivity contribution >= 4 is 5.91 Å². The molecule has 19 heavy (non-hydrogen) atoms. The fraction of sp³-hybridized carbons (Fsp3) is 0.600. The van der Waals surface area contributed by atoms with Crippen molar-refractivity contribution in [3.63, 3.8) is 0 Å². The minimum Gasteiger partial charge on any atom is -0.341 e. The largest absolute Gasteiger partial charge is 0.341 e. The summed E-state index contributed by atoms with van der Waals surface area (Å²) in [6.07, 6.45) is 5.83. The second kappa shape index (κ2) is 5.29. The quantitative estimate of drug-likeness (QED) is 0.894. The molecule has 1 aromatic rings. The molecule has 2 heterocycles. The first kappa shape index (κ1) is 12.6. The maximum atomic E-state index is 11.6. The molecular weight excluding hydrogens is 238 g/mol. The summed E-state index contributed by atoms with van der Waals surface area (Å²) in [5, 5.41) is 3.63. The summed E-state index contributed by atoms with van der Waals surface area (Å²) < 4.78 is 0. The predicted octanol–water partition coefficient (Wildman–Crippen LogP) is 1.67. The van der Waals surface area contributed by atoms with Crippen molar-refractivity contribution in [2.45, 2.75) is 44.7 Å². The van der Waals surface area contributed by atoms with Crippen LogP contribution in [0.3, 0.4) is 0 Å². The van der Waals surface area contributed by atoms with Crippen molar-refractivity contribution < 1.29 is 4.79 Å². The molecule has 4 heteroatoms. The Balaban J connectivity index is 1.58. The molecular formula is C15H21N3O. The highest BCUT2D eigenvalue weighted by Crippen LogP contribution is 2.29. The number of carbonyl (C=O) groups excluding carboxylic acids is 1. The highest BCUT2D eigenvalue weighted by atomic mass is 16.2. The van der Waals surface area contributed by atoms with E-state index < -0.39 is 0 Å². The summed E-state index contributed by atoms with van der Waals surface area (Å²) in [5.41, 5.74) is 2.56. The second-order valence-corrected chi connectivity index (χ2v) is 5.65. The molecule has 3 rings (SSSR count). The summed E-state index contributed by atoms with van der Waals surface area (Å²) in [6.45, 7) is 3.90. The third-order valence-electron chi connectivity index (χ3n) is 4.11. The van der Waals surface area contributed by atoms with Gasteiger partial charge in [-0.15, -0.1) is 0 Å². The molecule has 2 atom stereocenters. The molecule has 0 aromatic carbocycles. The van der Waals surface area contributed by atoms with Crippen LogP contribution in [0.15, 0.2) is 18.3 Å². The Morgan fingerprint density at radius 2 is 2.42 bits per heavy atom. The molecule has 2 aliphatic rings. The molecule has 1 N–H and O–H groups in total. The van der Waals surface area contributed by atoms with Gasteiger partial charge in [-0.3, -0.25) is 9.78 Å². The fourth-order valence-corrected chi connectivity index (χ4v) is 3.20. The highest BCUT2D eigenvalue weighted by Gasteiger charge is 2.27. The van der Waals surface area contributed by atoms with Gasteiger partial charge in [0.05, 0.1) is 11.7 Å². The number of hydrogen-bond acceptors (Lipinski definition) is 3. The van der Waals surface area contributed by atoms with Crippen molar-refractivity contribution in [2.24, 2.45) is 0 Å². The number of hydrogen-bond donors (Lipinski definition) is 1. The molecule has 1 aliphatic heterocycles. The van der Waals surface area contributed by atoms with E-state index in [2.05, 4.69) is 23.3 Å². The lowest BCUT2D eigenvalue weighted by Crippen LogP contribution is -2.41. The topological polar surface area (TPSA) is 45.2 Å². The van der Waals surface area contributed by atoms with Crippen molar-refractivity contribution in [1.29, 1.82) is 0 Å². The Kier molecular flexibility index (Phi) is 3.51. The van der Waals surface area contributed by atoms with Crippen LogP contribution in [0.1, 0.15) is 43.5 Å². The maximum Gasteiger partial charge on any atom is 0.222 e. The van der Waals surface area contributed by atoms with E-state index >= 15 is 0 Å². The zero-order valence-corrected chi connectivity index (χ0v) is 11.4. The molecule has 0 bridgehead atoms. The van der Waals surface area contributed by atoms with Gasteiger partial charge in [0.1, 0.15) is 0 Å². The van der Waals surface area contributed by atoms with Crippen LogP contribution in [-0.2, 0) is 11.2 Å². The van der Waals surface area contributed by atoms with Crippen molar-refractivity contribution in [2.75, 3.05) is 13.1 Å². The first-order chi connectivity index (χ1) is 9.24. The number of aromatic nitrogens is 1. The SMILES string of the molecule is CC(CN1CCCC1=O)NC1CCc2cccnc21. The third kappa shape index (κ3) is 2.63. The molecule has 1 aromatic heterocycles. The Morgan fingerprint density at radius 1 is 1.53 bits per heavy atom. The fourth-order valence-electron chi connectivity index (χ4n) is 3.20. The second-order valence-electron chi connectivity index (χ2n) is 5.65. The van der Waals surface area contributed by atoms with Crippen LogP contribution >= 0.6 is 0 Å². The molecule has 1 fully saturated rings. The highest BCUT2D eigenvalue weighted by molar-refractivity contribution is 5.78. The monoisotopic (exact) mass is 259 g/mol. The van der Waals surface area contributed by atoms with Crippen LogP contribution < -0.4 is 5.32 Å². The van der Waals surface area contributed by atoms with Gasteiger partial charge in [-0.05, 0) is 37.8 Å². The molecule has 1 aliphatic carbocycles. The summed E-state index contributed by atoms with van der Waals surface area (Å²) in [7, 11) is 0. The van der Waals surface area contributed by atoms with Gasteiger partial charge in [-0.2, -0.15) is 0 Å². The van der Waals surface area contributed by atoms with Crippen LogP contribution in [0.2, 0.25) is 0 Å². The van der Waals surface area contributed by atoms with E-state index in [0.717, 1.165) is 38.8 Å². The Labute approximate surface area is 114 Å². The minimum absolute atomic E-state index is 0.304. The van der Waals surface area contributed by atoms with Gasteiger partial charge in [0, 0.05) is 31.7 Å². The lowest BCUT2D eigenvalue weighted by Gasteiger charge is -2.24. The molecule has 102 valence electrons. The van der Waals surface area contributed by atoms with E-state index in [1.54, 1.807) is 0 Å². The van der Waals surface area contributed by atoms with Gasteiger partial charge >= 0.3 is 0 Å². The number of rotatable bonds is 4. The van der Waals surface area contributed by atoms with Crippen LogP contribution in [0.4, 0.5) is 0 Å². The summed E-state index contributed by atoms with van der Waals surface area (Å²) in [5.74, 6) is 0.304. The molecule has 0 radical (unpaired) electrons. The Bertz CT molecular complexity index is 474.